The standard InChI is InChI=1S/C14H24N2O/c1-12(2)16(3)9-8-15-10-13-4-6-14(11-17)7-5-13/h4-7,12,15,17H,8-11H2,1-3H3. The zero-order valence-electron chi connectivity index (χ0n) is 11.1. The van der Waals surface area contributed by atoms with Gasteiger partial charge in [0.2, 0.25) is 0 Å². The fourth-order valence-electron chi connectivity index (χ4n) is 1.51. The molecule has 3 heteroatoms. The number of hydrogen-bond acceptors (Lipinski definition) is 3. The van der Waals surface area contributed by atoms with Crippen LogP contribution in [0.25, 0.3) is 0 Å². The summed E-state index contributed by atoms with van der Waals surface area (Å²) in [6, 6.07) is 8.66. The minimum atomic E-state index is 0.118. The monoisotopic (exact) mass is 236 g/mol. The summed E-state index contributed by atoms with van der Waals surface area (Å²) in [7, 11) is 2.14. The molecule has 2 N–H and O–H groups in total. The van der Waals surface area contributed by atoms with Crippen LogP contribution in [0.3, 0.4) is 0 Å². The number of benzene rings is 1. The zero-order chi connectivity index (χ0) is 12.7. The molecule has 0 bridgehead atoms. The molecule has 1 aromatic carbocycles. The average molecular weight is 236 g/mol. The molecule has 1 aromatic rings. The number of hydrogen-bond donors (Lipinski definition) is 2. The Balaban J connectivity index is 2.22. The highest BCUT2D eigenvalue weighted by molar-refractivity contribution is 5.21. The quantitative estimate of drug-likeness (QED) is 0.706. The zero-order valence-corrected chi connectivity index (χ0v) is 11.1. The minimum absolute atomic E-state index is 0.118. The average Bonchev–Trinajstić information content (AvgIpc) is 2.35. The summed E-state index contributed by atoms with van der Waals surface area (Å²) >= 11 is 0. The van der Waals surface area contributed by atoms with Crippen molar-refractivity contribution in [1.82, 2.24) is 10.2 Å². The van der Waals surface area contributed by atoms with Crippen LogP contribution < -0.4 is 5.32 Å². The van der Waals surface area contributed by atoms with E-state index in [0.29, 0.717) is 6.04 Å². The Morgan fingerprint density at radius 1 is 1.18 bits per heavy atom. The van der Waals surface area contributed by atoms with Gasteiger partial charge >= 0.3 is 0 Å². The fourth-order valence-corrected chi connectivity index (χ4v) is 1.51. The molecular weight excluding hydrogens is 212 g/mol. The Morgan fingerprint density at radius 2 is 1.76 bits per heavy atom. The van der Waals surface area contributed by atoms with Crippen LogP contribution in [0.2, 0.25) is 0 Å². The third kappa shape index (κ3) is 5.31. The van der Waals surface area contributed by atoms with Crippen LogP contribution in [-0.4, -0.2) is 36.2 Å². The molecule has 3 nitrogen and oxygen atoms in total. The summed E-state index contributed by atoms with van der Waals surface area (Å²) in [5.74, 6) is 0. The van der Waals surface area contributed by atoms with Crippen LogP contribution in [0.15, 0.2) is 24.3 Å². The van der Waals surface area contributed by atoms with E-state index in [-0.39, 0.29) is 6.61 Å². The molecule has 0 aromatic heterocycles. The van der Waals surface area contributed by atoms with Crippen molar-refractivity contribution in [2.24, 2.45) is 0 Å². The summed E-state index contributed by atoms with van der Waals surface area (Å²) in [4.78, 5) is 2.32. The van der Waals surface area contributed by atoms with Crippen molar-refractivity contribution in [3.63, 3.8) is 0 Å². The number of aliphatic hydroxyl groups excluding tert-OH is 1. The van der Waals surface area contributed by atoms with Gasteiger partial charge < -0.3 is 15.3 Å². The van der Waals surface area contributed by atoms with E-state index in [2.05, 4.69) is 43.2 Å². The normalized spacial score (nSPS) is 11.4. The van der Waals surface area contributed by atoms with Crippen LogP contribution in [0.5, 0.6) is 0 Å². The van der Waals surface area contributed by atoms with Crippen LogP contribution in [0, 0.1) is 0 Å². The van der Waals surface area contributed by atoms with Crippen LogP contribution in [0.4, 0.5) is 0 Å². The largest absolute Gasteiger partial charge is 0.392 e. The second kappa shape index (κ2) is 7.43. The summed E-state index contributed by atoms with van der Waals surface area (Å²) < 4.78 is 0. The highest BCUT2D eigenvalue weighted by atomic mass is 16.3. The van der Waals surface area contributed by atoms with E-state index in [0.717, 1.165) is 25.2 Å². The maximum Gasteiger partial charge on any atom is 0.0681 e. The molecule has 0 saturated heterocycles. The second-order valence-electron chi connectivity index (χ2n) is 4.73. The third-order valence-electron chi connectivity index (χ3n) is 3.06. The van der Waals surface area contributed by atoms with Gasteiger partial charge in [0.1, 0.15) is 0 Å². The summed E-state index contributed by atoms with van der Waals surface area (Å²) in [5.41, 5.74) is 2.22. The maximum atomic E-state index is 8.93. The van der Waals surface area contributed by atoms with E-state index < -0.39 is 0 Å². The number of nitrogens with one attached hydrogen (secondary N) is 1. The summed E-state index contributed by atoms with van der Waals surface area (Å²) in [6.07, 6.45) is 0. The smallest absolute Gasteiger partial charge is 0.0681 e. The lowest BCUT2D eigenvalue weighted by Crippen LogP contribution is -2.33. The van der Waals surface area contributed by atoms with Crippen molar-refractivity contribution in [2.75, 3.05) is 20.1 Å². The minimum Gasteiger partial charge on any atom is -0.392 e. The molecule has 0 unspecified atom stereocenters. The van der Waals surface area contributed by atoms with Crippen LogP contribution >= 0.6 is 0 Å². The van der Waals surface area contributed by atoms with E-state index in [9.17, 15) is 0 Å². The number of likely N-dealkylation sites (N-methyl/N-ethyl adjacent to an activating group) is 1. The van der Waals surface area contributed by atoms with Gasteiger partial charge in [-0.2, -0.15) is 0 Å². The van der Waals surface area contributed by atoms with Crippen molar-refractivity contribution >= 4 is 0 Å². The molecule has 0 saturated carbocycles. The lowest BCUT2D eigenvalue weighted by atomic mass is 10.1. The molecule has 0 fully saturated rings. The van der Waals surface area contributed by atoms with E-state index in [1.807, 2.05) is 12.1 Å². The molecule has 0 heterocycles. The first-order valence-electron chi connectivity index (χ1n) is 6.23. The topological polar surface area (TPSA) is 35.5 Å². The lowest BCUT2D eigenvalue weighted by Gasteiger charge is -2.20. The van der Waals surface area contributed by atoms with Gasteiger partial charge in [-0.1, -0.05) is 24.3 Å². The fraction of sp³-hybridized carbons (Fsp3) is 0.571. The molecule has 17 heavy (non-hydrogen) atoms. The Hall–Kier alpha value is -0.900. The van der Waals surface area contributed by atoms with E-state index >= 15 is 0 Å². The molecule has 0 spiro atoms. The van der Waals surface area contributed by atoms with Gasteiger partial charge in [-0.3, -0.25) is 0 Å². The highest BCUT2D eigenvalue weighted by Gasteiger charge is 2.01. The first-order valence-corrected chi connectivity index (χ1v) is 6.23. The third-order valence-corrected chi connectivity index (χ3v) is 3.06. The van der Waals surface area contributed by atoms with Gasteiger partial charge in [-0.05, 0) is 32.0 Å². The number of rotatable bonds is 7. The molecule has 0 aliphatic carbocycles. The number of aliphatic hydroxyl groups is 1. The van der Waals surface area contributed by atoms with Crippen molar-refractivity contribution in [3.05, 3.63) is 35.4 Å². The van der Waals surface area contributed by atoms with Crippen LogP contribution in [-0.2, 0) is 13.2 Å². The summed E-state index contributed by atoms with van der Waals surface area (Å²) in [6.45, 7) is 7.47. The van der Waals surface area contributed by atoms with Crippen molar-refractivity contribution in [1.29, 1.82) is 0 Å². The Labute approximate surface area is 104 Å². The predicted molar refractivity (Wildman–Crippen MR) is 71.8 cm³/mol. The molecule has 0 amide bonds. The van der Waals surface area contributed by atoms with Gasteiger partial charge in [-0.25, -0.2) is 0 Å². The molecule has 0 aliphatic rings. The highest BCUT2D eigenvalue weighted by Crippen LogP contribution is 2.03. The van der Waals surface area contributed by atoms with E-state index in [1.54, 1.807) is 0 Å². The van der Waals surface area contributed by atoms with Gasteiger partial charge in [-0.15, -0.1) is 0 Å². The van der Waals surface area contributed by atoms with Gasteiger partial charge in [0.15, 0.2) is 0 Å². The molecule has 0 aliphatic heterocycles. The van der Waals surface area contributed by atoms with Crippen molar-refractivity contribution in [3.8, 4) is 0 Å². The van der Waals surface area contributed by atoms with Gasteiger partial charge in [0, 0.05) is 25.7 Å². The van der Waals surface area contributed by atoms with Crippen LogP contribution in [0.1, 0.15) is 25.0 Å². The Bertz CT molecular complexity index is 309. The lowest BCUT2D eigenvalue weighted by molar-refractivity contribution is 0.273. The van der Waals surface area contributed by atoms with Crippen molar-refractivity contribution in [2.45, 2.75) is 33.0 Å². The van der Waals surface area contributed by atoms with Gasteiger partial charge in [0.05, 0.1) is 6.61 Å². The first kappa shape index (κ1) is 14.2. The predicted octanol–water partition coefficient (Wildman–Crippen LogP) is 1.61. The Kier molecular flexibility index (Phi) is 6.19. The van der Waals surface area contributed by atoms with E-state index in [1.165, 1.54) is 5.56 Å². The SMILES string of the molecule is CC(C)N(C)CCNCc1ccc(CO)cc1. The Morgan fingerprint density at radius 3 is 2.29 bits per heavy atom. The second-order valence-corrected chi connectivity index (χ2v) is 4.73. The summed E-state index contributed by atoms with van der Waals surface area (Å²) in [5, 5.41) is 12.4. The van der Waals surface area contributed by atoms with E-state index in [4.69, 9.17) is 5.11 Å². The van der Waals surface area contributed by atoms with Crippen molar-refractivity contribution < 1.29 is 5.11 Å². The molecule has 1 rings (SSSR count). The molecule has 0 atom stereocenters. The maximum absolute atomic E-state index is 8.93. The number of nitrogens with zero attached hydrogens (tertiary/aromatic N) is 1. The molecule has 96 valence electrons. The first-order chi connectivity index (χ1) is 8.13. The molecule has 0 radical (unpaired) electrons. The van der Waals surface area contributed by atoms with Gasteiger partial charge in [0.25, 0.3) is 0 Å². The molecular formula is C14H24N2O.